The van der Waals surface area contributed by atoms with Gasteiger partial charge in [-0.3, -0.25) is 4.79 Å². The van der Waals surface area contributed by atoms with E-state index in [1.54, 1.807) is 0 Å². The number of piperidine rings is 1. The molecule has 3 atom stereocenters. The molecular formula is C10H19NOS. The molecule has 0 aromatic heterocycles. The van der Waals surface area contributed by atoms with Gasteiger partial charge in [-0.05, 0) is 32.6 Å². The molecule has 1 saturated heterocycles. The maximum atomic E-state index is 11.7. The molecule has 0 spiro atoms. The Kier molecular flexibility index (Phi) is 3.65. The van der Waals surface area contributed by atoms with E-state index in [4.69, 9.17) is 0 Å². The highest BCUT2D eigenvalue weighted by atomic mass is 32.1. The second-order valence-electron chi connectivity index (χ2n) is 4.20. The minimum Gasteiger partial charge on any atom is -0.339 e. The van der Waals surface area contributed by atoms with Crippen molar-refractivity contribution in [2.75, 3.05) is 6.54 Å². The van der Waals surface area contributed by atoms with Gasteiger partial charge >= 0.3 is 0 Å². The summed E-state index contributed by atoms with van der Waals surface area (Å²) in [5.74, 6) is 0.828. The van der Waals surface area contributed by atoms with Crippen molar-refractivity contribution in [1.82, 2.24) is 4.90 Å². The molecule has 0 aliphatic carbocycles. The Morgan fingerprint density at radius 1 is 1.46 bits per heavy atom. The first-order chi connectivity index (χ1) is 6.02. The number of nitrogens with zero attached hydrogens (tertiary/aromatic N) is 1. The Labute approximate surface area is 86.1 Å². The van der Waals surface area contributed by atoms with Gasteiger partial charge in [-0.25, -0.2) is 0 Å². The lowest BCUT2D eigenvalue weighted by Crippen LogP contribution is -2.47. The number of likely N-dealkylation sites (tertiary alicyclic amines) is 1. The van der Waals surface area contributed by atoms with Gasteiger partial charge in [0.1, 0.15) is 0 Å². The lowest BCUT2D eigenvalue weighted by Gasteiger charge is -2.37. The largest absolute Gasteiger partial charge is 0.339 e. The summed E-state index contributed by atoms with van der Waals surface area (Å²) in [5.41, 5.74) is 0. The van der Waals surface area contributed by atoms with Gasteiger partial charge in [-0.2, -0.15) is 12.6 Å². The molecular weight excluding hydrogens is 182 g/mol. The van der Waals surface area contributed by atoms with Crippen LogP contribution in [-0.4, -0.2) is 28.6 Å². The number of amides is 1. The monoisotopic (exact) mass is 201 g/mol. The van der Waals surface area contributed by atoms with Crippen LogP contribution in [0.3, 0.4) is 0 Å². The molecule has 0 aromatic carbocycles. The normalized spacial score (nSPS) is 31.5. The average molecular weight is 201 g/mol. The fourth-order valence-electron chi connectivity index (χ4n) is 1.84. The topological polar surface area (TPSA) is 20.3 Å². The van der Waals surface area contributed by atoms with Gasteiger partial charge < -0.3 is 4.90 Å². The Morgan fingerprint density at radius 2 is 2.08 bits per heavy atom. The van der Waals surface area contributed by atoms with Crippen molar-refractivity contribution in [2.24, 2.45) is 5.92 Å². The first kappa shape index (κ1) is 10.9. The van der Waals surface area contributed by atoms with Gasteiger partial charge in [-0.1, -0.05) is 6.92 Å². The molecule has 1 heterocycles. The average Bonchev–Trinajstić information content (AvgIpc) is 2.08. The summed E-state index contributed by atoms with van der Waals surface area (Å²) in [4.78, 5) is 13.7. The highest BCUT2D eigenvalue weighted by molar-refractivity contribution is 7.81. The molecule has 0 aromatic rings. The zero-order valence-electron chi connectivity index (χ0n) is 8.66. The SMILES string of the molecule is CC1CCC(C)N(C(=O)C(C)S)C1. The van der Waals surface area contributed by atoms with Crippen LogP contribution in [0.25, 0.3) is 0 Å². The van der Waals surface area contributed by atoms with Gasteiger partial charge in [0.05, 0.1) is 5.25 Å². The standard InChI is InChI=1S/C10H19NOS/c1-7-4-5-8(2)11(6-7)10(12)9(3)13/h7-9,13H,4-6H2,1-3H3. The van der Waals surface area contributed by atoms with Crippen molar-refractivity contribution >= 4 is 18.5 Å². The number of hydrogen-bond acceptors (Lipinski definition) is 2. The summed E-state index contributed by atoms with van der Waals surface area (Å²) >= 11 is 4.18. The lowest BCUT2D eigenvalue weighted by atomic mass is 9.95. The quantitative estimate of drug-likeness (QED) is 0.643. The molecule has 2 nitrogen and oxygen atoms in total. The molecule has 1 fully saturated rings. The summed E-state index contributed by atoms with van der Waals surface area (Å²) in [6.45, 7) is 7.08. The van der Waals surface area contributed by atoms with Crippen LogP contribution >= 0.6 is 12.6 Å². The molecule has 3 unspecified atom stereocenters. The van der Waals surface area contributed by atoms with Gasteiger partial charge in [0.2, 0.25) is 5.91 Å². The number of rotatable bonds is 1. The van der Waals surface area contributed by atoms with Gasteiger partial charge in [0.25, 0.3) is 0 Å². The number of hydrogen-bond donors (Lipinski definition) is 1. The van der Waals surface area contributed by atoms with Crippen molar-refractivity contribution in [3.8, 4) is 0 Å². The Morgan fingerprint density at radius 3 is 2.62 bits per heavy atom. The zero-order chi connectivity index (χ0) is 10.0. The smallest absolute Gasteiger partial charge is 0.235 e. The molecule has 0 saturated carbocycles. The molecule has 0 radical (unpaired) electrons. The summed E-state index contributed by atoms with van der Waals surface area (Å²) in [6, 6.07) is 0.401. The van der Waals surface area contributed by atoms with Crippen LogP contribution in [0, 0.1) is 5.92 Å². The maximum absolute atomic E-state index is 11.7. The predicted molar refractivity (Wildman–Crippen MR) is 58.0 cm³/mol. The van der Waals surface area contributed by atoms with Crippen LogP contribution < -0.4 is 0 Å². The van der Waals surface area contributed by atoms with Gasteiger partial charge in [-0.15, -0.1) is 0 Å². The molecule has 1 aliphatic heterocycles. The summed E-state index contributed by atoms with van der Waals surface area (Å²) < 4.78 is 0. The van der Waals surface area contributed by atoms with E-state index in [0.29, 0.717) is 12.0 Å². The summed E-state index contributed by atoms with van der Waals surface area (Å²) in [5, 5.41) is -0.159. The molecule has 1 rings (SSSR count). The maximum Gasteiger partial charge on any atom is 0.235 e. The van der Waals surface area contributed by atoms with E-state index in [-0.39, 0.29) is 11.2 Å². The molecule has 1 aliphatic rings. The van der Waals surface area contributed by atoms with E-state index < -0.39 is 0 Å². The van der Waals surface area contributed by atoms with E-state index in [1.165, 1.54) is 6.42 Å². The second kappa shape index (κ2) is 4.36. The van der Waals surface area contributed by atoms with Crippen LogP contribution in [0.5, 0.6) is 0 Å². The van der Waals surface area contributed by atoms with Crippen LogP contribution in [-0.2, 0) is 4.79 Å². The van der Waals surface area contributed by atoms with Crippen LogP contribution in [0.1, 0.15) is 33.6 Å². The molecule has 3 heteroatoms. The van der Waals surface area contributed by atoms with Crippen molar-refractivity contribution in [3.05, 3.63) is 0 Å². The first-order valence-corrected chi connectivity index (χ1v) is 5.52. The third-order valence-electron chi connectivity index (χ3n) is 2.76. The van der Waals surface area contributed by atoms with Crippen molar-refractivity contribution < 1.29 is 4.79 Å². The third kappa shape index (κ3) is 2.63. The second-order valence-corrected chi connectivity index (χ2v) is 4.97. The van der Waals surface area contributed by atoms with Crippen molar-refractivity contribution in [3.63, 3.8) is 0 Å². The highest BCUT2D eigenvalue weighted by Gasteiger charge is 2.28. The summed E-state index contributed by atoms with van der Waals surface area (Å²) in [6.07, 6.45) is 2.37. The minimum atomic E-state index is -0.159. The fourth-order valence-corrected chi connectivity index (χ4v) is 1.98. The summed E-state index contributed by atoms with van der Waals surface area (Å²) in [7, 11) is 0. The van der Waals surface area contributed by atoms with Crippen molar-refractivity contribution in [2.45, 2.75) is 44.9 Å². The third-order valence-corrected chi connectivity index (χ3v) is 2.98. The van der Waals surface area contributed by atoms with Gasteiger partial charge in [0.15, 0.2) is 0 Å². The number of thiol groups is 1. The molecule has 1 amide bonds. The first-order valence-electron chi connectivity index (χ1n) is 5.01. The fraction of sp³-hybridized carbons (Fsp3) is 0.900. The van der Waals surface area contributed by atoms with E-state index in [1.807, 2.05) is 11.8 Å². The van der Waals surface area contributed by atoms with Gasteiger partial charge in [0, 0.05) is 12.6 Å². The highest BCUT2D eigenvalue weighted by Crippen LogP contribution is 2.22. The van der Waals surface area contributed by atoms with Crippen LogP contribution in [0.4, 0.5) is 0 Å². The molecule has 0 N–H and O–H groups in total. The minimum absolute atomic E-state index is 0.159. The lowest BCUT2D eigenvalue weighted by molar-refractivity contribution is -0.134. The Hall–Kier alpha value is -0.180. The molecule has 0 bridgehead atoms. The Bertz CT molecular complexity index is 193. The zero-order valence-corrected chi connectivity index (χ0v) is 9.55. The number of carbonyl (C=O) groups excluding carboxylic acids is 1. The molecule has 13 heavy (non-hydrogen) atoms. The van der Waals surface area contributed by atoms with Crippen LogP contribution in [0.15, 0.2) is 0 Å². The van der Waals surface area contributed by atoms with E-state index >= 15 is 0 Å². The van der Waals surface area contributed by atoms with E-state index in [9.17, 15) is 4.79 Å². The van der Waals surface area contributed by atoms with Crippen molar-refractivity contribution in [1.29, 1.82) is 0 Å². The predicted octanol–water partition coefficient (Wildman–Crippen LogP) is 1.95. The van der Waals surface area contributed by atoms with E-state index in [2.05, 4.69) is 26.5 Å². The Balaban J connectivity index is 2.60. The number of carbonyl (C=O) groups is 1. The van der Waals surface area contributed by atoms with Crippen LogP contribution in [0.2, 0.25) is 0 Å². The molecule has 76 valence electrons. The van der Waals surface area contributed by atoms with E-state index in [0.717, 1.165) is 13.0 Å².